The zero-order valence-corrected chi connectivity index (χ0v) is 14.0. The van der Waals surface area contributed by atoms with Gasteiger partial charge in [0.15, 0.2) is 0 Å². The molecule has 19 heavy (non-hydrogen) atoms. The Labute approximate surface area is 127 Å². The highest BCUT2D eigenvalue weighted by Gasteiger charge is 2.13. The van der Waals surface area contributed by atoms with Crippen molar-refractivity contribution in [3.8, 4) is 10.6 Å². The second-order valence-corrected chi connectivity index (χ2v) is 6.63. The van der Waals surface area contributed by atoms with E-state index in [1.807, 2.05) is 18.4 Å². The van der Waals surface area contributed by atoms with Crippen molar-refractivity contribution in [2.45, 2.75) is 33.2 Å². The lowest BCUT2D eigenvalue weighted by Gasteiger charge is -2.02. The molecule has 2 aromatic rings. The minimum absolute atomic E-state index is 0.905. The van der Waals surface area contributed by atoms with Crippen LogP contribution in [0.5, 0.6) is 0 Å². The van der Waals surface area contributed by atoms with Gasteiger partial charge >= 0.3 is 0 Å². The molecule has 0 atom stereocenters. The lowest BCUT2D eigenvalue weighted by molar-refractivity contribution is 0.798. The van der Waals surface area contributed by atoms with Gasteiger partial charge in [-0.25, -0.2) is 4.98 Å². The second kappa shape index (κ2) is 6.64. The van der Waals surface area contributed by atoms with Crippen LogP contribution in [0.15, 0.2) is 22.7 Å². The van der Waals surface area contributed by atoms with Crippen molar-refractivity contribution < 1.29 is 0 Å². The smallest absolute Gasteiger partial charge is 0.124 e. The number of halogens is 1. The summed E-state index contributed by atoms with van der Waals surface area (Å²) in [6.07, 6.45) is 2.20. The van der Waals surface area contributed by atoms with Crippen LogP contribution >= 0.6 is 27.3 Å². The summed E-state index contributed by atoms with van der Waals surface area (Å²) in [6.45, 7) is 5.24. The molecule has 0 aliphatic carbocycles. The molecule has 0 spiro atoms. The molecule has 0 aliphatic heterocycles. The fourth-order valence-corrected chi connectivity index (χ4v) is 3.78. The standard InChI is InChI=1S/C15H19BrN2S/c1-4-5-13-14(9-17-3)19-15(18-13)12-7-6-11(16)8-10(12)2/h6-8,17H,4-5,9H2,1-3H3. The molecular formula is C15H19BrN2S. The molecule has 1 aromatic carbocycles. The molecule has 0 fully saturated rings. The molecule has 0 aliphatic rings. The summed E-state index contributed by atoms with van der Waals surface area (Å²) < 4.78 is 1.12. The van der Waals surface area contributed by atoms with E-state index in [0.29, 0.717) is 0 Å². The number of benzene rings is 1. The van der Waals surface area contributed by atoms with E-state index in [0.717, 1.165) is 28.9 Å². The maximum Gasteiger partial charge on any atom is 0.124 e. The largest absolute Gasteiger partial charge is 0.315 e. The monoisotopic (exact) mass is 338 g/mol. The lowest BCUT2D eigenvalue weighted by Crippen LogP contribution is -2.05. The second-order valence-electron chi connectivity index (χ2n) is 4.63. The predicted molar refractivity (Wildman–Crippen MR) is 86.7 cm³/mol. The molecule has 2 nitrogen and oxygen atoms in total. The molecule has 102 valence electrons. The van der Waals surface area contributed by atoms with E-state index < -0.39 is 0 Å². The van der Waals surface area contributed by atoms with Gasteiger partial charge in [0.25, 0.3) is 0 Å². The van der Waals surface area contributed by atoms with Gasteiger partial charge in [0, 0.05) is 21.5 Å². The highest BCUT2D eigenvalue weighted by Crippen LogP contribution is 2.32. The number of hydrogen-bond acceptors (Lipinski definition) is 3. The van der Waals surface area contributed by atoms with Crippen LogP contribution in [0.3, 0.4) is 0 Å². The van der Waals surface area contributed by atoms with E-state index in [1.165, 1.54) is 21.7 Å². The van der Waals surface area contributed by atoms with Gasteiger partial charge in [0.2, 0.25) is 0 Å². The molecule has 1 N–H and O–H groups in total. The topological polar surface area (TPSA) is 24.9 Å². The first-order valence-corrected chi connectivity index (χ1v) is 8.16. The summed E-state index contributed by atoms with van der Waals surface area (Å²) in [4.78, 5) is 6.21. The number of aryl methyl sites for hydroxylation is 2. The predicted octanol–water partition coefficient (Wildman–Crippen LogP) is 4.55. The van der Waals surface area contributed by atoms with Gasteiger partial charge in [-0.3, -0.25) is 0 Å². The molecule has 2 rings (SSSR count). The molecule has 0 radical (unpaired) electrons. The van der Waals surface area contributed by atoms with Crippen LogP contribution in [0.25, 0.3) is 10.6 Å². The van der Waals surface area contributed by atoms with E-state index in [-0.39, 0.29) is 0 Å². The molecule has 0 saturated heterocycles. The van der Waals surface area contributed by atoms with Crippen LogP contribution in [0.1, 0.15) is 29.5 Å². The van der Waals surface area contributed by atoms with Crippen LogP contribution in [0, 0.1) is 6.92 Å². The van der Waals surface area contributed by atoms with Gasteiger partial charge in [-0.15, -0.1) is 11.3 Å². The Morgan fingerprint density at radius 3 is 2.79 bits per heavy atom. The van der Waals surface area contributed by atoms with Crippen LogP contribution in [0.2, 0.25) is 0 Å². The lowest BCUT2D eigenvalue weighted by atomic mass is 10.1. The Hall–Kier alpha value is -0.710. The number of nitrogens with zero attached hydrogens (tertiary/aromatic N) is 1. The van der Waals surface area contributed by atoms with Crippen molar-refractivity contribution in [1.29, 1.82) is 0 Å². The molecule has 1 aromatic heterocycles. The first-order valence-electron chi connectivity index (χ1n) is 6.55. The third-order valence-electron chi connectivity index (χ3n) is 3.02. The zero-order valence-electron chi connectivity index (χ0n) is 11.6. The fraction of sp³-hybridized carbons (Fsp3) is 0.400. The van der Waals surface area contributed by atoms with Gasteiger partial charge in [0.05, 0.1) is 5.69 Å². The van der Waals surface area contributed by atoms with Crippen LogP contribution in [-0.4, -0.2) is 12.0 Å². The number of aromatic nitrogens is 1. The van der Waals surface area contributed by atoms with Gasteiger partial charge < -0.3 is 5.32 Å². The maximum absolute atomic E-state index is 4.84. The van der Waals surface area contributed by atoms with Crippen LogP contribution in [-0.2, 0) is 13.0 Å². The SMILES string of the molecule is CCCc1nc(-c2ccc(Br)cc2C)sc1CNC. The van der Waals surface area contributed by atoms with E-state index in [1.54, 1.807) is 0 Å². The van der Waals surface area contributed by atoms with E-state index >= 15 is 0 Å². The van der Waals surface area contributed by atoms with Crippen LogP contribution in [0.4, 0.5) is 0 Å². The number of rotatable bonds is 5. The van der Waals surface area contributed by atoms with Crippen molar-refractivity contribution in [2.24, 2.45) is 0 Å². The molecule has 0 amide bonds. The van der Waals surface area contributed by atoms with Crippen molar-refractivity contribution in [3.63, 3.8) is 0 Å². The quantitative estimate of drug-likeness (QED) is 0.864. The van der Waals surface area contributed by atoms with E-state index in [9.17, 15) is 0 Å². The zero-order chi connectivity index (χ0) is 13.8. The summed E-state index contributed by atoms with van der Waals surface area (Å²) in [5.41, 5.74) is 3.76. The molecule has 0 saturated carbocycles. The van der Waals surface area contributed by atoms with Crippen molar-refractivity contribution in [3.05, 3.63) is 38.8 Å². The third-order valence-corrected chi connectivity index (χ3v) is 4.65. The van der Waals surface area contributed by atoms with Crippen molar-refractivity contribution >= 4 is 27.3 Å². The Balaban J connectivity index is 2.41. The Morgan fingerprint density at radius 2 is 2.16 bits per heavy atom. The van der Waals surface area contributed by atoms with E-state index in [4.69, 9.17) is 4.98 Å². The molecule has 0 unspecified atom stereocenters. The molecule has 0 bridgehead atoms. The number of hydrogen-bond donors (Lipinski definition) is 1. The summed E-state index contributed by atoms with van der Waals surface area (Å²) in [5, 5.41) is 4.37. The summed E-state index contributed by atoms with van der Waals surface area (Å²) >= 11 is 5.32. The summed E-state index contributed by atoms with van der Waals surface area (Å²) in [6, 6.07) is 6.38. The van der Waals surface area contributed by atoms with Gasteiger partial charge in [-0.2, -0.15) is 0 Å². The van der Waals surface area contributed by atoms with Crippen molar-refractivity contribution in [1.82, 2.24) is 10.3 Å². The van der Waals surface area contributed by atoms with E-state index in [2.05, 4.69) is 53.3 Å². The maximum atomic E-state index is 4.84. The van der Waals surface area contributed by atoms with Gasteiger partial charge in [0.1, 0.15) is 5.01 Å². The number of thiazole rings is 1. The molecular weight excluding hydrogens is 320 g/mol. The molecule has 4 heteroatoms. The first kappa shape index (κ1) is 14.7. The average molecular weight is 339 g/mol. The normalized spacial score (nSPS) is 10.9. The van der Waals surface area contributed by atoms with Gasteiger partial charge in [-0.05, 0) is 38.1 Å². The highest BCUT2D eigenvalue weighted by atomic mass is 79.9. The summed E-state index contributed by atoms with van der Waals surface area (Å²) in [7, 11) is 1.99. The highest BCUT2D eigenvalue weighted by molar-refractivity contribution is 9.10. The number of nitrogens with one attached hydrogen (secondary N) is 1. The van der Waals surface area contributed by atoms with Crippen LogP contribution < -0.4 is 5.32 Å². The summed E-state index contributed by atoms with van der Waals surface area (Å²) in [5.74, 6) is 0. The Morgan fingerprint density at radius 1 is 1.37 bits per heavy atom. The third kappa shape index (κ3) is 3.44. The van der Waals surface area contributed by atoms with Gasteiger partial charge in [-0.1, -0.05) is 35.3 Å². The Bertz CT molecular complexity index is 540. The molecule has 1 heterocycles. The fourth-order valence-electron chi connectivity index (χ4n) is 2.10. The minimum Gasteiger partial charge on any atom is -0.315 e. The Kier molecular flexibility index (Phi) is 5.13. The van der Waals surface area contributed by atoms with Crippen molar-refractivity contribution in [2.75, 3.05) is 7.05 Å². The first-order chi connectivity index (χ1) is 9.15. The minimum atomic E-state index is 0.905. The average Bonchev–Trinajstić information content (AvgIpc) is 2.73.